The Kier molecular flexibility index (Phi) is 4.66. The van der Waals surface area contributed by atoms with E-state index in [1.165, 1.54) is 11.3 Å². The summed E-state index contributed by atoms with van der Waals surface area (Å²) in [5.41, 5.74) is 0. The van der Waals surface area contributed by atoms with Crippen molar-refractivity contribution in [2.45, 2.75) is 57.1 Å². The summed E-state index contributed by atoms with van der Waals surface area (Å²) in [7, 11) is -3.40. The molecule has 4 nitrogen and oxygen atoms in total. The highest BCUT2D eigenvalue weighted by molar-refractivity contribution is 7.89. The Morgan fingerprint density at radius 3 is 2.63 bits per heavy atom. The molecule has 1 saturated carbocycles. The molecule has 0 aromatic carbocycles. The van der Waals surface area contributed by atoms with Crippen molar-refractivity contribution in [2.75, 3.05) is 6.54 Å². The van der Waals surface area contributed by atoms with Crippen LogP contribution in [0, 0.1) is 6.92 Å². The molecule has 0 bridgehead atoms. The van der Waals surface area contributed by atoms with Crippen LogP contribution in [0.4, 0.5) is 0 Å². The van der Waals surface area contributed by atoms with Gasteiger partial charge >= 0.3 is 0 Å². The second kappa shape index (κ2) is 5.91. The molecule has 6 heteroatoms. The third kappa shape index (κ3) is 3.18. The Labute approximate surface area is 119 Å². The van der Waals surface area contributed by atoms with E-state index in [1.807, 2.05) is 6.92 Å². The molecule has 1 fully saturated rings. The van der Waals surface area contributed by atoms with E-state index >= 15 is 0 Å². The van der Waals surface area contributed by atoms with E-state index in [-0.39, 0.29) is 12.6 Å². The summed E-state index contributed by atoms with van der Waals surface area (Å²) in [5.74, 6) is 0. The fraction of sp³-hybridized carbons (Fsp3) is 0.692. The predicted octanol–water partition coefficient (Wildman–Crippen LogP) is 2.50. The average Bonchev–Trinajstić information content (AvgIpc) is 3.11. The van der Waals surface area contributed by atoms with E-state index in [2.05, 4.69) is 6.92 Å². The first-order chi connectivity index (χ1) is 9.00. The van der Waals surface area contributed by atoms with Gasteiger partial charge in [-0.15, -0.1) is 11.3 Å². The highest BCUT2D eigenvalue weighted by Gasteiger charge is 2.38. The standard InChI is InChI=1S/C13H21NO3S2/c1-3-4-7-14(11-5-6-11)19(16,17)13-8-12(9-15)18-10(13)2/h8,11,15H,3-7,9H2,1-2H3. The maximum absolute atomic E-state index is 12.7. The van der Waals surface area contributed by atoms with Crippen LogP contribution in [0.1, 0.15) is 42.4 Å². The quantitative estimate of drug-likeness (QED) is 0.842. The molecule has 1 aliphatic rings. The van der Waals surface area contributed by atoms with Gasteiger partial charge in [-0.05, 0) is 32.3 Å². The van der Waals surface area contributed by atoms with E-state index < -0.39 is 10.0 Å². The average molecular weight is 303 g/mol. The summed E-state index contributed by atoms with van der Waals surface area (Å²) in [4.78, 5) is 1.86. The van der Waals surface area contributed by atoms with Crippen LogP contribution in [0.2, 0.25) is 0 Å². The van der Waals surface area contributed by atoms with Gasteiger partial charge in [-0.2, -0.15) is 4.31 Å². The molecule has 2 rings (SSSR count). The van der Waals surface area contributed by atoms with E-state index in [0.717, 1.165) is 30.6 Å². The number of aliphatic hydroxyl groups excluding tert-OH is 1. The fourth-order valence-electron chi connectivity index (χ4n) is 2.16. The Morgan fingerprint density at radius 2 is 2.16 bits per heavy atom. The SMILES string of the molecule is CCCCN(C1CC1)S(=O)(=O)c1cc(CO)sc1C. The van der Waals surface area contributed by atoms with E-state index in [4.69, 9.17) is 5.11 Å². The van der Waals surface area contributed by atoms with E-state index in [0.29, 0.717) is 16.3 Å². The summed E-state index contributed by atoms with van der Waals surface area (Å²) in [6, 6.07) is 1.81. The molecule has 0 aliphatic heterocycles. The van der Waals surface area contributed by atoms with Crippen LogP contribution in [-0.2, 0) is 16.6 Å². The van der Waals surface area contributed by atoms with Gasteiger partial charge in [0.15, 0.2) is 0 Å². The topological polar surface area (TPSA) is 57.6 Å². The number of rotatable bonds is 7. The van der Waals surface area contributed by atoms with Crippen LogP contribution >= 0.6 is 11.3 Å². The minimum Gasteiger partial charge on any atom is -0.391 e. The first kappa shape index (κ1) is 15.0. The maximum Gasteiger partial charge on any atom is 0.244 e. The summed E-state index contributed by atoms with van der Waals surface area (Å²) in [5, 5.41) is 9.14. The molecule has 1 aromatic heterocycles. The second-order valence-electron chi connectivity index (χ2n) is 4.99. The molecular weight excluding hydrogens is 282 g/mol. The molecule has 0 unspecified atom stereocenters. The van der Waals surface area contributed by atoms with Crippen LogP contribution in [-0.4, -0.2) is 30.4 Å². The lowest BCUT2D eigenvalue weighted by atomic mass is 10.3. The highest BCUT2D eigenvalue weighted by Crippen LogP contribution is 2.35. The third-order valence-electron chi connectivity index (χ3n) is 3.35. The predicted molar refractivity (Wildman–Crippen MR) is 76.8 cm³/mol. The zero-order valence-corrected chi connectivity index (χ0v) is 13.1. The number of aryl methyl sites for hydroxylation is 1. The monoisotopic (exact) mass is 303 g/mol. The van der Waals surface area contributed by atoms with Crippen molar-refractivity contribution in [3.8, 4) is 0 Å². The molecule has 108 valence electrons. The van der Waals surface area contributed by atoms with Gasteiger partial charge in [0.1, 0.15) is 0 Å². The van der Waals surface area contributed by atoms with Gasteiger partial charge in [0.25, 0.3) is 0 Å². The number of hydrogen-bond donors (Lipinski definition) is 1. The van der Waals surface area contributed by atoms with Crippen LogP contribution in [0.25, 0.3) is 0 Å². The van der Waals surface area contributed by atoms with Crippen molar-refractivity contribution >= 4 is 21.4 Å². The molecule has 19 heavy (non-hydrogen) atoms. The van der Waals surface area contributed by atoms with Gasteiger partial charge < -0.3 is 5.11 Å². The van der Waals surface area contributed by atoms with Gasteiger partial charge in [-0.3, -0.25) is 0 Å². The van der Waals surface area contributed by atoms with Crippen LogP contribution in [0.15, 0.2) is 11.0 Å². The minimum atomic E-state index is -3.40. The van der Waals surface area contributed by atoms with E-state index in [1.54, 1.807) is 10.4 Å². The van der Waals surface area contributed by atoms with Crippen molar-refractivity contribution in [3.05, 3.63) is 15.8 Å². The van der Waals surface area contributed by atoms with Crippen molar-refractivity contribution in [2.24, 2.45) is 0 Å². The molecule has 1 aromatic rings. The zero-order chi connectivity index (χ0) is 14.0. The molecule has 0 spiro atoms. The van der Waals surface area contributed by atoms with Gasteiger partial charge in [-0.1, -0.05) is 13.3 Å². The van der Waals surface area contributed by atoms with Crippen LogP contribution in [0.3, 0.4) is 0 Å². The molecule has 1 heterocycles. The van der Waals surface area contributed by atoms with Gasteiger partial charge in [0.2, 0.25) is 10.0 Å². The summed E-state index contributed by atoms with van der Waals surface area (Å²) in [6.45, 7) is 4.38. The lowest BCUT2D eigenvalue weighted by molar-refractivity contribution is 0.285. The Balaban J connectivity index is 2.30. The van der Waals surface area contributed by atoms with Gasteiger partial charge in [-0.25, -0.2) is 8.42 Å². The fourth-order valence-corrected chi connectivity index (χ4v) is 5.35. The van der Waals surface area contributed by atoms with Gasteiger partial charge in [0, 0.05) is 22.3 Å². The first-order valence-electron chi connectivity index (χ1n) is 6.72. The Hall–Kier alpha value is -0.430. The van der Waals surface area contributed by atoms with Crippen molar-refractivity contribution in [1.82, 2.24) is 4.31 Å². The molecule has 1 N–H and O–H groups in total. The smallest absolute Gasteiger partial charge is 0.244 e. The van der Waals surface area contributed by atoms with E-state index in [9.17, 15) is 8.42 Å². The number of aliphatic hydroxyl groups is 1. The second-order valence-corrected chi connectivity index (χ2v) is 8.19. The summed E-state index contributed by atoms with van der Waals surface area (Å²) in [6.07, 6.45) is 3.83. The van der Waals surface area contributed by atoms with Crippen molar-refractivity contribution in [3.63, 3.8) is 0 Å². The molecule has 1 aliphatic carbocycles. The number of unbranched alkanes of at least 4 members (excludes halogenated alkanes) is 1. The first-order valence-corrected chi connectivity index (χ1v) is 8.98. The summed E-state index contributed by atoms with van der Waals surface area (Å²) < 4.78 is 27.1. The zero-order valence-electron chi connectivity index (χ0n) is 11.4. The number of thiophene rings is 1. The number of sulfonamides is 1. The highest BCUT2D eigenvalue weighted by atomic mass is 32.2. The lowest BCUT2D eigenvalue weighted by Gasteiger charge is -2.21. The molecule has 0 atom stereocenters. The minimum absolute atomic E-state index is 0.0978. The number of hydrogen-bond acceptors (Lipinski definition) is 4. The third-order valence-corrected chi connectivity index (χ3v) is 6.59. The van der Waals surface area contributed by atoms with Crippen molar-refractivity contribution < 1.29 is 13.5 Å². The Morgan fingerprint density at radius 1 is 1.47 bits per heavy atom. The molecule has 0 saturated heterocycles. The van der Waals surface area contributed by atoms with Crippen LogP contribution < -0.4 is 0 Å². The van der Waals surface area contributed by atoms with Gasteiger partial charge in [0.05, 0.1) is 11.5 Å². The normalized spacial score (nSPS) is 16.2. The Bertz CT molecular complexity index is 532. The summed E-state index contributed by atoms with van der Waals surface area (Å²) >= 11 is 1.36. The van der Waals surface area contributed by atoms with Crippen molar-refractivity contribution in [1.29, 1.82) is 0 Å². The lowest BCUT2D eigenvalue weighted by Crippen LogP contribution is -2.34. The molecular formula is C13H21NO3S2. The molecule has 0 radical (unpaired) electrons. The van der Waals surface area contributed by atoms with Crippen LogP contribution in [0.5, 0.6) is 0 Å². The number of nitrogens with zero attached hydrogens (tertiary/aromatic N) is 1. The maximum atomic E-state index is 12.7. The molecule has 0 amide bonds. The largest absolute Gasteiger partial charge is 0.391 e.